The van der Waals surface area contributed by atoms with Crippen LogP contribution in [0.25, 0.3) is 0 Å². The number of hydrogen-bond donors (Lipinski definition) is 0. The predicted molar refractivity (Wildman–Crippen MR) is 122 cm³/mol. The average Bonchev–Trinajstić information content (AvgIpc) is 3.01. The molecule has 31 heavy (non-hydrogen) atoms. The van der Waals surface area contributed by atoms with E-state index < -0.39 is 8.32 Å². The second kappa shape index (κ2) is 7.81. The van der Waals surface area contributed by atoms with Crippen molar-refractivity contribution in [2.45, 2.75) is 70.8 Å². The molecule has 2 saturated heterocycles. The van der Waals surface area contributed by atoms with E-state index in [2.05, 4.69) is 40.8 Å². The van der Waals surface area contributed by atoms with Gasteiger partial charge in [0, 0.05) is 24.7 Å². The molecule has 0 aliphatic carbocycles. The molecule has 2 fully saturated rings. The van der Waals surface area contributed by atoms with Crippen LogP contribution in [-0.2, 0) is 14.0 Å². The Morgan fingerprint density at radius 1 is 1.23 bits per heavy atom. The molecule has 0 unspecified atom stereocenters. The first kappa shape index (κ1) is 22.1. The van der Waals surface area contributed by atoms with Gasteiger partial charge in [-0.1, -0.05) is 27.7 Å². The second-order valence-corrected chi connectivity index (χ2v) is 15.3. The van der Waals surface area contributed by atoms with Gasteiger partial charge in [0.2, 0.25) is 5.91 Å². The molecule has 1 aromatic carbocycles. The van der Waals surface area contributed by atoms with Crippen LogP contribution in [0.5, 0.6) is 5.75 Å². The molecule has 7 nitrogen and oxygen atoms in total. The Hall–Kier alpha value is -2.06. The minimum atomic E-state index is -1.95. The summed E-state index contributed by atoms with van der Waals surface area (Å²) in [5, 5.41) is 0.0883. The van der Waals surface area contributed by atoms with Gasteiger partial charge in [0.1, 0.15) is 24.5 Å². The number of piperidine rings is 1. The fraction of sp³-hybridized carbons (Fsp3) is 0.652. The van der Waals surface area contributed by atoms with Gasteiger partial charge in [-0.05, 0) is 42.6 Å². The van der Waals surface area contributed by atoms with E-state index in [0.29, 0.717) is 43.5 Å². The molecule has 0 aromatic heterocycles. The van der Waals surface area contributed by atoms with Gasteiger partial charge in [0.25, 0.3) is 0 Å². The van der Waals surface area contributed by atoms with Crippen LogP contribution in [0, 0.1) is 5.92 Å². The lowest BCUT2D eigenvalue weighted by molar-refractivity contribution is -0.120. The number of fused-ring (bicyclic) bond motifs is 3. The number of carbonyl (C=O) groups excluding carboxylic acids is 2. The molecule has 1 aromatic rings. The monoisotopic (exact) mass is 446 g/mol. The Morgan fingerprint density at radius 2 is 1.97 bits per heavy atom. The topological polar surface area (TPSA) is 68.3 Å². The van der Waals surface area contributed by atoms with Gasteiger partial charge in [-0.15, -0.1) is 0 Å². The lowest BCUT2D eigenvalue weighted by atomic mass is 9.98. The van der Waals surface area contributed by atoms with E-state index >= 15 is 0 Å². The van der Waals surface area contributed by atoms with E-state index in [1.807, 2.05) is 23.1 Å². The number of cyclic esters (lactones) is 1. The standard InChI is InChI=1S/C23H34N2O5Si/c1-15-9-10-24(21(26)11-15)16-7-8-17-19(12-16)28-13-18-20(30-22(27)25(17)18)14-29-31(5,6)23(2,3)4/h7-8,12,15,18,20H,9-11,13-14H2,1-6H3/t15-,18+,20+/m1/s1. The highest BCUT2D eigenvalue weighted by atomic mass is 28.4. The molecule has 4 rings (SSSR count). The fourth-order valence-electron chi connectivity index (χ4n) is 4.10. The zero-order valence-corrected chi connectivity index (χ0v) is 20.4. The van der Waals surface area contributed by atoms with Crippen LogP contribution in [-0.4, -0.2) is 52.2 Å². The van der Waals surface area contributed by atoms with E-state index in [1.165, 1.54) is 0 Å². The van der Waals surface area contributed by atoms with Crippen molar-refractivity contribution < 1.29 is 23.5 Å². The first-order valence-electron chi connectivity index (χ1n) is 11.2. The second-order valence-electron chi connectivity index (χ2n) is 10.5. The predicted octanol–water partition coefficient (Wildman–Crippen LogP) is 4.56. The minimum absolute atomic E-state index is 0.0883. The zero-order chi connectivity index (χ0) is 22.6. The van der Waals surface area contributed by atoms with Crippen molar-refractivity contribution in [1.82, 2.24) is 0 Å². The summed E-state index contributed by atoms with van der Waals surface area (Å²) in [5.41, 5.74) is 1.51. The maximum Gasteiger partial charge on any atom is 0.415 e. The number of benzene rings is 1. The molecule has 2 amide bonds. The highest BCUT2D eigenvalue weighted by molar-refractivity contribution is 6.74. The summed E-state index contributed by atoms with van der Waals surface area (Å²) < 4.78 is 18.1. The quantitative estimate of drug-likeness (QED) is 0.635. The summed E-state index contributed by atoms with van der Waals surface area (Å²) in [4.78, 5) is 28.7. The average molecular weight is 447 g/mol. The van der Waals surface area contributed by atoms with Crippen molar-refractivity contribution in [3.8, 4) is 5.75 Å². The minimum Gasteiger partial charge on any atom is -0.489 e. The maximum atomic E-state index is 12.7. The van der Waals surface area contributed by atoms with Crippen molar-refractivity contribution in [2.24, 2.45) is 5.92 Å². The normalized spacial score (nSPS) is 26.3. The van der Waals surface area contributed by atoms with Gasteiger partial charge in [-0.3, -0.25) is 9.69 Å². The third-order valence-electron chi connectivity index (χ3n) is 7.22. The molecule has 3 heterocycles. The Kier molecular flexibility index (Phi) is 5.58. The third-order valence-corrected chi connectivity index (χ3v) is 11.7. The van der Waals surface area contributed by atoms with Crippen LogP contribution in [0.2, 0.25) is 18.1 Å². The molecule has 0 N–H and O–H groups in total. The summed E-state index contributed by atoms with van der Waals surface area (Å²) in [6.45, 7) is 14.5. The van der Waals surface area contributed by atoms with Crippen molar-refractivity contribution in [1.29, 1.82) is 0 Å². The highest BCUT2D eigenvalue weighted by Gasteiger charge is 2.48. The third kappa shape index (κ3) is 4.07. The van der Waals surface area contributed by atoms with Crippen LogP contribution >= 0.6 is 0 Å². The van der Waals surface area contributed by atoms with E-state index in [9.17, 15) is 9.59 Å². The molecule has 170 valence electrons. The zero-order valence-electron chi connectivity index (χ0n) is 19.4. The molecule has 8 heteroatoms. The molecule has 0 radical (unpaired) electrons. The molecule has 0 bridgehead atoms. The van der Waals surface area contributed by atoms with Crippen molar-refractivity contribution in [2.75, 3.05) is 29.6 Å². The van der Waals surface area contributed by atoms with Gasteiger partial charge in [-0.2, -0.15) is 0 Å². The molecular weight excluding hydrogens is 412 g/mol. The van der Waals surface area contributed by atoms with E-state index in [4.69, 9.17) is 13.9 Å². The lowest BCUT2D eigenvalue weighted by Gasteiger charge is -2.37. The van der Waals surface area contributed by atoms with Gasteiger partial charge in [-0.25, -0.2) is 4.79 Å². The van der Waals surface area contributed by atoms with E-state index in [1.54, 1.807) is 4.90 Å². The molecular formula is C23H34N2O5Si. The van der Waals surface area contributed by atoms with Crippen LogP contribution in [0.3, 0.4) is 0 Å². The summed E-state index contributed by atoms with van der Waals surface area (Å²) in [5.74, 6) is 1.17. The smallest absolute Gasteiger partial charge is 0.415 e. The van der Waals surface area contributed by atoms with Crippen molar-refractivity contribution in [3.05, 3.63) is 18.2 Å². The van der Waals surface area contributed by atoms with Gasteiger partial charge >= 0.3 is 6.09 Å². The number of anilines is 2. The molecule has 0 spiro atoms. The van der Waals surface area contributed by atoms with Gasteiger partial charge in [0.15, 0.2) is 8.32 Å². The summed E-state index contributed by atoms with van der Waals surface area (Å²) in [6.07, 6.45) is 0.822. The van der Waals surface area contributed by atoms with Crippen molar-refractivity contribution >= 4 is 31.7 Å². The number of ether oxygens (including phenoxy) is 2. The number of nitrogens with zero attached hydrogens (tertiary/aromatic N) is 2. The highest BCUT2D eigenvalue weighted by Crippen LogP contribution is 2.42. The Balaban J connectivity index is 1.50. The maximum absolute atomic E-state index is 12.7. The van der Waals surface area contributed by atoms with Crippen LogP contribution in [0.1, 0.15) is 40.5 Å². The first-order valence-corrected chi connectivity index (χ1v) is 14.1. The summed E-state index contributed by atoms with van der Waals surface area (Å²) >= 11 is 0. The molecule has 0 saturated carbocycles. The van der Waals surface area contributed by atoms with Gasteiger partial charge < -0.3 is 18.8 Å². The lowest BCUT2D eigenvalue weighted by Crippen LogP contribution is -2.48. The number of carbonyl (C=O) groups is 2. The van der Waals surface area contributed by atoms with E-state index in [-0.39, 0.29) is 29.2 Å². The van der Waals surface area contributed by atoms with E-state index in [0.717, 1.165) is 12.1 Å². The van der Waals surface area contributed by atoms with Crippen LogP contribution in [0.15, 0.2) is 18.2 Å². The SMILES string of the molecule is C[C@@H]1CCN(c2ccc3c(c2)OC[C@H]2[C@H](CO[Si](C)(C)C(C)(C)C)OC(=O)N32)C(=O)C1. The Bertz CT molecular complexity index is 881. The fourth-order valence-corrected chi connectivity index (χ4v) is 5.11. The number of amides is 2. The number of hydrogen-bond acceptors (Lipinski definition) is 5. The van der Waals surface area contributed by atoms with Crippen LogP contribution < -0.4 is 14.5 Å². The molecule has 3 atom stereocenters. The number of rotatable bonds is 4. The first-order chi connectivity index (χ1) is 14.5. The summed E-state index contributed by atoms with van der Waals surface area (Å²) in [7, 11) is -1.95. The Morgan fingerprint density at radius 3 is 2.65 bits per heavy atom. The summed E-state index contributed by atoms with van der Waals surface area (Å²) in [6, 6.07) is 5.41. The molecule has 3 aliphatic rings. The van der Waals surface area contributed by atoms with Crippen LogP contribution in [0.4, 0.5) is 16.2 Å². The van der Waals surface area contributed by atoms with Crippen molar-refractivity contribution in [3.63, 3.8) is 0 Å². The molecule has 3 aliphatic heterocycles. The largest absolute Gasteiger partial charge is 0.489 e. The van der Waals surface area contributed by atoms with Gasteiger partial charge in [0.05, 0.1) is 12.3 Å². The Labute approximate surface area is 185 Å².